The van der Waals surface area contributed by atoms with Crippen LogP contribution in [0.2, 0.25) is 0 Å². The van der Waals surface area contributed by atoms with Crippen molar-refractivity contribution >= 4 is 17.5 Å². The highest BCUT2D eigenvalue weighted by Crippen LogP contribution is 2.21. The summed E-state index contributed by atoms with van der Waals surface area (Å²) in [5.74, 6) is 1.07. The minimum atomic E-state index is 0.115. The molecule has 15 heavy (non-hydrogen) atoms. The standard InChI is InChI=1S/C13H16OS/c1-4-10(2)9-15-13-7-5-12(6-8-13)11(3)14/h5-8H,2,4,9H2,1,3H3. The van der Waals surface area contributed by atoms with Crippen molar-refractivity contribution in [3.8, 4) is 0 Å². The van der Waals surface area contributed by atoms with Crippen LogP contribution in [0.5, 0.6) is 0 Å². The topological polar surface area (TPSA) is 17.1 Å². The van der Waals surface area contributed by atoms with Gasteiger partial charge in [0.2, 0.25) is 0 Å². The van der Waals surface area contributed by atoms with E-state index in [9.17, 15) is 4.79 Å². The Morgan fingerprint density at radius 1 is 1.33 bits per heavy atom. The average Bonchev–Trinajstić information content (AvgIpc) is 2.26. The van der Waals surface area contributed by atoms with Crippen molar-refractivity contribution in [2.24, 2.45) is 0 Å². The Balaban J connectivity index is 2.57. The third kappa shape index (κ3) is 3.92. The van der Waals surface area contributed by atoms with Crippen LogP contribution in [0, 0.1) is 0 Å². The van der Waals surface area contributed by atoms with Crippen molar-refractivity contribution in [1.82, 2.24) is 0 Å². The zero-order valence-electron chi connectivity index (χ0n) is 9.25. The van der Waals surface area contributed by atoms with E-state index in [0.717, 1.165) is 17.7 Å². The maximum Gasteiger partial charge on any atom is 0.159 e. The average molecular weight is 220 g/mol. The molecule has 0 bridgehead atoms. The molecular formula is C13H16OS. The minimum Gasteiger partial charge on any atom is -0.295 e. The molecule has 0 aliphatic rings. The summed E-state index contributed by atoms with van der Waals surface area (Å²) in [6.45, 7) is 7.66. The van der Waals surface area contributed by atoms with E-state index in [1.165, 1.54) is 10.5 Å². The van der Waals surface area contributed by atoms with Crippen LogP contribution in [-0.4, -0.2) is 11.5 Å². The molecule has 0 aliphatic heterocycles. The second kappa shape index (κ2) is 5.76. The molecule has 0 saturated heterocycles. The van der Waals surface area contributed by atoms with Gasteiger partial charge in [-0.15, -0.1) is 11.8 Å². The summed E-state index contributed by atoms with van der Waals surface area (Å²) < 4.78 is 0. The second-order valence-electron chi connectivity index (χ2n) is 3.47. The first kappa shape index (κ1) is 12.1. The first-order valence-electron chi connectivity index (χ1n) is 5.04. The molecule has 0 aliphatic carbocycles. The van der Waals surface area contributed by atoms with E-state index in [-0.39, 0.29) is 5.78 Å². The molecule has 0 atom stereocenters. The fraction of sp³-hybridized carbons (Fsp3) is 0.308. The number of carbonyl (C=O) groups excluding carboxylic acids is 1. The molecule has 0 spiro atoms. The van der Waals surface area contributed by atoms with E-state index in [4.69, 9.17) is 0 Å². The number of ketones is 1. The number of carbonyl (C=O) groups is 1. The van der Waals surface area contributed by atoms with Gasteiger partial charge in [0.15, 0.2) is 5.78 Å². The van der Waals surface area contributed by atoms with Crippen LogP contribution >= 0.6 is 11.8 Å². The summed E-state index contributed by atoms with van der Waals surface area (Å²) in [6.07, 6.45) is 1.03. The fourth-order valence-corrected chi connectivity index (χ4v) is 1.98. The fourth-order valence-electron chi connectivity index (χ4n) is 1.07. The first-order chi connectivity index (χ1) is 7.13. The Morgan fingerprint density at radius 3 is 2.40 bits per heavy atom. The molecule has 1 aromatic carbocycles. The van der Waals surface area contributed by atoms with Gasteiger partial charge in [0, 0.05) is 16.2 Å². The van der Waals surface area contributed by atoms with E-state index in [0.29, 0.717) is 0 Å². The van der Waals surface area contributed by atoms with Crippen LogP contribution in [0.15, 0.2) is 41.3 Å². The van der Waals surface area contributed by atoms with Crippen molar-refractivity contribution in [3.63, 3.8) is 0 Å². The van der Waals surface area contributed by atoms with Crippen LogP contribution < -0.4 is 0 Å². The Bertz CT molecular complexity index is 351. The number of Topliss-reactive ketones (excluding diaryl/α,β-unsaturated/α-hetero) is 1. The van der Waals surface area contributed by atoms with Crippen LogP contribution in [0.4, 0.5) is 0 Å². The third-order valence-electron chi connectivity index (χ3n) is 2.20. The lowest BCUT2D eigenvalue weighted by molar-refractivity contribution is 0.101. The van der Waals surface area contributed by atoms with Gasteiger partial charge in [-0.1, -0.05) is 31.2 Å². The van der Waals surface area contributed by atoms with E-state index in [1.54, 1.807) is 18.7 Å². The molecule has 2 heteroatoms. The second-order valence-corrected chi connectivity index (χ2v) is 4.52. The Labute approximate surface area is 95.6 Å². The molecule has 0 amide bonds. The SMILES string of the molecule is C=C(CC)CSc1ccc(C(C)=O)cc1. The summed E-state index contributed by atoms with van der Waals surface area (Å²) in [5.41, 5.74) is 2.02. The monoisotopic (exact) mass is 220 g/mol. The summed E-state index contributed by atoms with van der Waals surface area (Å²) in [7, 11) is 0. The maximum absolute atomic E-state index is 11.0. The highest BCUT2D eigenvalue weighted by Gasteiger charge is 1.99. The minimum absolute atomic E-state index is 0.115. The molecular weight excluding hydrogens is 204 g/mol. The van der Waals surface area contributed by atoms with Crippen LogP contribution in [0.3, 0.4) is 0 Å². The van der Waals surface area contributed by atoms with Gasteiger partial charge in [-0.25, -0.2) is 0 Å². The molecule has 0 fully saturated rings. The predicted molar refractivity (Wildman–Crippen MR) is 66.6 cm³/mol. The van der Waals surface area contributed by atoms with Crippen molar-refractivity contribution in [3.05, 3.63) is 42.0 Å². The molecule has 80 valence electrons. The smallest absolute Gasteiger partial charge is 0.159 e. The van der Waals surface area contributed by atoms with E-state index in [2.05, 4.69) is 13.5 Å². The van der Waals surface area contributed by atoms with Gasteiger partial charge >= 0.3 is 0 Å². The summed E-state index contributed by atoms with van der Waals surface area (Å²) in [6, 6.07) is 7.73. The molecule has 0 heterocycles. The Kier molecular flexibility index (Phi) is 4.63. The molecule has 0 aromatic heterocycles. The van der Waals surface area contributed by atoms with E-state index >= 15 is 0 Å². The summed E-state index contributed by atoms with van der Waals surface area (Å²) >= 11 is 1.76. The molecule has 0 N–H and O–H groups in total. The lowest BCUT2D eigenvalue weighted by atomic mass is 10.2. The normalized spacial score (nSPS) is 10.0. The number of thioether (sulfide) groups is 1. The Hall–Kier alpha value is -1.02. The van der Waals surface area contributed by atoms with Crippen molar-refractivity contribution in [2.45, 2.75) is 25.2 Å². The lowest BCUT2D eigenvalue weighted by Crippen LogP contribution is -1.90. The first-order valence-corrected chi connectivity index (χ1v) is 6.02. The molecule has 0 radical (unpaired) electrons. The number of benzene rings is 1. The highest BCUT2D eigenvalue weighted by molar-refractivity contribution is 7.99. The third-order valence-corrected chi connectivity index (χ3v) is 3.36. The molecule has 1 rings (SSSR count). The van der Waals surface area contributed by atoms with E-state index in [1.807, 2.05) is 24.3 Å². The number of rotatable bonds is 5. The Morgan fingerprint density at radius 2 is 1.93 bits per heavy atom. The van der Waals surface area contributed by atoms with Gasteiger partial charge in [-0.3, -0.25) is 4.79 Å². The number of hydrogen-bond donors (Lipinski definition) is 0. The largest absolute Gasteiger partial charge is 0.295 e. The predicted octanol–water partition coefficient (Wildman–Crippen LogP) is 3.95. The van der Waals surface area contributed by atoms with Crippen LogP contribution in [0.1, 0.15) is 30.6 Å². The van der Waals surface area contributed by atoms with Gasteiger partial charge in [-0.2, -0.15) is 0 Å². The zero-order valence-corrected chi connectivity index (χ0v) is 10.1. The van der Waals surface area contributed by atoms with Gasteiger partial charge in [0.25, 0.3) is 0 Å². The lowest BCUT2D eigenvalue weighted by Gasteiger charge is -2.03. The van der Waals surface area contributed by atoms with Crippen LogP contribution in [0.25, 0.3) is 0 Å². The summed E-state index contributed by atoms with van der Waals surface area (Å²) in [4.78, 5) is 12.2. The molecule has 0 saturated carbocycles. The molecule has 1 nitrogen and oxygen atoms in total. The van der Waals surface area contributed by atoms with Gasteiger partial charge in [0.1, 0.15) is 0 Å². The van der Waals surface area contributed by atoms with Crippen molar-refractivity contribution in [1.29, 1.82) is 0 Å². The quantitative estimate of drug-likeness (QED) is 0.424. The number of hydrogen-bond acceptors (Lipinski definition) is 2. The highest BCUT2D eigenvalue weighted by atomic mass is 32.2. The van der Waals surface area contributed by atoms with Crippen molar-refractivity contribution < 1.29 is 4.79 Å². The van der Waals surface area contributed by atoms with Gasteiger partial charge in [0.05, 0.1) is 0 Å². The zero-order chi connectivity index (χ0) is 11.3. The van der Waals surface area contributed by atoms with Gasteiger partial charge < -0.3 is 0 Å². The summed E-state index contributed by atoms with van der Waals surface area (Å²) in [5, 5.41) is 0. The van der Waals surface area contributed by atoms with E-state index < -0.39 is 0 Å². The molecule has 1 aromatic rings. The van der Waals surface area contributed by atoms with Crippen LogP contribution in [-0.2, 0) is 0 Å². The van der Waals surface area contributed by atoms with Crippen molar-refractivity contribution in [2.75, 3.05) is 5.75 Å². The maximum atomic E-state index is 11.0. The van der Waals surface area contributed by atoms with Gasteiger partial charge in [-0.05, 0) is 25.5 Å². The molecule has 0 unspecified atom stereocenters.